The van der Waals surface area contributed by atoms with Crippen molar-refractivity contribution in [3.8, 4) is 11.8 Å². The van der Waals surface area contributed by atoms with Crippen molar-refractivity contribution in [2.24, 2.45) is 0 Å². The van der Waals surface area contributed by atoms with E-state index in [2.05, 4.69) is 11.8 Å². The number of nitro groups is 1. The first kappa shape index (κ1) is 11.5. The summed E-state index contributed by atoms with van der Waals surface area (Å²) in [5, 5.41) is 19.0. The van der Waals surface area contributed by atoms with Crippen molar-refractivity contribution < 1.29 is 14.8 Å². The van der Waals surface area contributed by atoms with Crippen molar-refractivity contribution in [1.29, 1.82) is 0 Å². The molecule has 1 aromatic rings. The van der Waals surface area contributed by atoms with E-state index in [9.17, 15) is 14.9 Å². The fraction of sp³-hybridized carbons (Fsp3) is 0.100. The number of aliphatic carboxylic acids is 1. The SMILES string of the molecule is Nc1cccc(C#CCC(=O)O)c1[N+](=O)[O-]. The molecule has 0 saturated heterocycles. The first-order valence-corrected chi connectivity index (χ1v) is 4.26. The lowest BCUT2D eigenvalue weighted by Gasteiger charge is -1.98. The normalized spacial score (nSPS) is 9.00. The number of hydrogen-bond acceptors (Lipinski definition) is 4. The minimum Gasteiger partial charge on any atom is -0.481 e. The third-order valence-electron chi connectivity index (χ3n) is 1.71. The Kier molecular flexibility index (Phi) is 3.45. The van der Waals surface area contributed by atoms with E-state index in [0.717, 1.165) is 0 Å². The molecule has 0 aliphatic carbocycles. The molecule has 1 rings (SSSR count). The summed E-state index contributed by atoms with van der Waals surface area (Å²) in [7, 11) is 0. The molecule has 0 radical (unpaired) electrons. The first-order chi connectivity index (χ1) is 7.52. The molecule has 0 aliphatic rings. The van der Waals surface area contributed by atoms with Crippen molar-refractivity contribution in [2.75, 3.05) is 5.73 Å². The molecule has 0 atom stereocenters. The number of para-hydroxylation sites is 1. The highest BCUT2D eigenvalue weighted by Crippen LogP contribution is 2.24. The number of carbonyl (C=O) groups is 1. The van der Waals surface area contributed by atoms with Gasteiger partial charge in [-0.1, -0.05) is 17.9 Å². The van der Waals surface area contributed by atoms with Crippen molar-refractivity contribution in [2.45, 2.75) is 6.42 Å². The molecule has 0 spiro atoms. The van der Waals surface area contributed by atoms with Gasteiger partial charge in [-0.15, -0.1) is 0 Å². The highest BCUT2D eigenvalue weighted by molar-refractivity contribution is 5.71. The lowest BCUT2D eigenvalue weighted by atomic mass is 10.1. The number of nitrogen functional groups attached to an aromatic ring is 1. The number of rotatable bonds is 2. The van der Waals surface area contributed by atoms with Gasteiger partial charge < -0.3 is 10.8 Å². The molecule has 82 valence electrons. The van der Waals surface area contributed by atoms with E-state index in [1.165, 1.54) is 18.2 Å². The Balaban J connectivity index is 3.12. The van der Waals surface area contributed by atoms with Gasteiger partial charge in [0.15, 0.2) is 0 Å². The molecule has 0 heterocycles. The van der Waals surface area contributed by atoms with E-state index in [-0.39, 0.29) is 23.4 Å². The van der Waals surface area contributed by atoms with Crippen molar-refractivity contribution in [1.82, 2.24) is 0 Å². The quantitative estimate of drug-likeness (QED) is 0.334. The van der Waals surface area contributed by atoms with Gasteiger partial charge in [0.2, 0.25) is 0 Å². The number of nitrogens with two attached hydrogens (primary N) is 1. The van der Waals surface area contributed by atoms with Crippen LogP contribution in [0.25, 0.3) is 0 Å². The molecular formula is C10H8N2O4. The molecule has 0 aromatic heterocycles. The van der Waals surface area contributed by atoms with Crippen LogP contribution in [0.4, 0.5) is 11.4 Å². The summed E-state index contributed by atoms with van der Waals surface area (Å²) in [4.78, 5) is 20.3. The molecule has 1 aromatic carbocycles. The predicted octanol–water partition coefficient (Wildman–Crippen LogP) is 1.00. The summed E-state index contributed by atoms with van der Waals surface area (Å²) < 4.78 is 0. The largest absolute Gasteiger partial charge is 0.481 e. The highest BCUT2D eigenvalue weighted by atomic mass is 16.6. The summed E-state index contributed by atoms with van der Waals surface area (Å²) in [5.74, 6) is 3.64. The molecule has 16 heavy (non-hydrogen) atoms. The Hall–Kier alpha value is -2.55. The van der Waals surface area contributed by atoms with Gasteiger partial charge in [0, 0.05) is 0 Å². The highest BCUT2D eigenvalue weighted by Gasteiger charge is 2.15. The average Bonchev–Trinajstić information content (AvgIpc) is 2.16. The van der Waals surface area contributed by atoms with Crippen LogP contribution in [-0.4, -0.2) is 16.0 Å². The number of nitro benzene ring substituents is 1. The van der Waals surface area contributed by atoms with Crippen LogP contribution in [0.2, 0.25) is 0 Å². The molecule has 6 heteroatoms. The standard InChI is InChI=1S/C10H8N2O4/c11-8-5-1-3-7(10(8)12(15)16)4-2-6-9(13)14/h1,3,5H,6,11H2,(H,13,14). The second-order valence-electron chi connectivity index (χ2n) is 2.87. The third-order valence-corrected chi connectivity index (χ3v) is 1.71. The van der Waals surface area contributed by atoms with Gasteiger partial charge in [-0.05, 0) is 12.1 Å². The zero-order valence-electron chi connectivity index (χ0n) is 8.14. The molecular weight excluding hydrogens is 212 g/mol. The second-order valence-corrected chi connectivity index (χ2v) is 2.87. The minimum atomic E-state index is -1.08. The van der Waals surface area contributed by atoms with Gasteiger partial charge in [0.1, 0.15) is 17.7 Å². The molecule has 6 nitrogen and oxygen atoms in total. The molecule has 0 fully saturated rings. The van der Waals surface area contributed by atoms with Crippen LogP contribution >= 0.6 is 0 Å². The molecule has 0 aliphatic heterocycles. The summed E-state index contributed by atoms with van der Waals surface area (Å²) in [6.07, 6.45) is -0.369. The number of carboxylic acids is 1. The zero-order valence-corrected chi connectivity index (χ0v) is 8.14. The Labute approximate surface area is 90.8 Å². The van der Waals surface area contributed by atoms with Crippen LogP contribution in [-0.2, 0) is 4.79 Å². The van der Waals surface area contributed by atoms with Crippen molar-refractivity contribution >= 4 is 17.3 Å². The molecule has 0 saturated carbocycles. The van der Waals surface area contributed by atoms with E-state index in [4.69, 9.17) is 10.8 Å². The monoisotopic (exact) mass is 220 g/mol. The summed E-state index contributed by atoms with van der Waals surface area (Å²) in [6.45, 7) is 0. The maximum absolute atomic E-state index is 10.7. The van der Waals surface area contributed by atoms with Crippen LogP contribution in [0.3, 0.4) is 0 Å². The fourth-order valence-corrected chi connectivity index (χ4v) is 1.08. The van der Waals surface area contributed by atoms with Gasteiger partial charge in [0.25, 0.3) is 0 Å². The zero-order chi connectivity index (χ0) is 12.1. The van der Waals surface area contributed by atoms with Gasteiger partial charge >= 0.3 is 11.7 Å². The summed E-state index contributed by atoms with van der Waals surface area (Å²) in [6, 6.07) is 4.33. The third kappa shape index (κ3) is 2.72. The Morgan fingerprint density at radius 1 is 1.56 bits per heavy atom. The lowest BCUT2D eigenvalue weighted by Crippen LogP contribution is -1.98. The maximum atomic E-state index is 10.7. The average molecular weight is 220 g/mol. The van der Waals surface area contributed by atoms with Gasteiger partial charge in [-0.3, -0.25) is 14.9 Å². The van der Waals surface area contributed by atoms with Crippen molar-refractivity contribution in [3.05, 3.63) is 33.9 Å². The first-order valence-electron chi connectivity index (χ1n) is 4.26. The smallest absolute Gasteiger partial charge is 0.315 e. The second kappa shape index (κ2) is 4.79. The number of carboxylic acid groups (broad SMARTS) is 1. The van der Waals surface area contributed by atoms with Crippen LogP contribution in [0.1, 0.15) is 12.0 Å². The number of benzene rings is 1. The number of anilines is 1. The van der Waals surface area contributed by atoms with Crippen LogP contribution < -0.4 is 5.73 Å². The molecule has 0 amide bonds. The predicted molar refractivity (Wildman–Crippen MR) is 56.6 cm³/mol. The van der Waals surface area contributed by atoms with Crippen LogP contribution in [0.5, 0.6) is 0 Å². The van der Waals surface area contributed by atoms with Crippen LogP contribution in [0.15, 0.2) is 18.2 Å². The minimum absolute atomic E-state index is 0.00660. The van der Waals surface area contributed by atoms with Gasteiger partial charge in [0.05, 0.1) is 4.92 Å². The lowest BCUT2D eigenvalue weighted by molar-refractivity contribution is -0.384. The number of hydrogen-bond donors (Lipinski definition) is 2. The Bertz CT molecular complexity index is 499. The van der Waals surface area contributed by atoms with E-state index in [0.29, 0.717) is 0 Å². The van der Waals surface area contributed by atoms with Gasteiger partial charge in [-0.2, -0.15) is 0 Å². The topological polar surface area (TPSA) is 106 Å². The van der Waals surface area contributed by atoms with Crippen LogP contribution in [0, 0.1) is 22.0 Å². The van der Waals surface area contributed by atoms with Crippen molar-refractivity contribution in [3.63, 3.8) is 0 Å². The number of nitrogens with zero attached hydrogens (tertiary/aromatic N) is 1. The Morgan fingerprint density at radius 3 is 2.81 bits per heavy atom. The van der Waals surface area contributed by atoms with E-state index < -0.39 is 10.9 Å². The molecule has 3 N–H and O–H groups in total. The molecule has 0 unspecified atom stereocenters. The van der Waals surface area contributed by atoms with E-state index in [1.807, 2.05) is 0 Å². The van der Waals surface area contributed by atoms with E-state index >= 15 is 0 Å². The van der Waals surface area contributed by atoms with E-state index in [1.54, 1.807) is 0 Å². The Morgan fingerprint density at radius 2 is 2.25 bits per heavy atom. The summed E-state index contributed by atoms with van der Waals surface area (Å²) >= 11 is 0. The maximum Gasteiger partial charge on any atom is 0.315 e. The fourth-order valence-electron chi connectivity index (χ4n) is 1.08. The van der Waals surface area contributed by atoms with Gasteiger partial charge in [-0.25, -0.2) is 0 Å². The summed E-state index contributed by atoms with van der Waals surface area (Å²) in [5.41, 5.74) is 5.26. The molecule has 0 bridgehead atoms.